The van der Waals surface area contributed by atoms with Gasteiger partial charge in [0.25, 0.3) is 11.6 Å². The van der Waals surface area contributed by atoms with Crippen molar-refractivity contribution in [3.8, 4) is 5.75 Å². The van der Waals surface area contributed by atoms with E-state index in [-0.39, 0.29) is 17.1 Å². The average Bonchev–Trinajstić information content (AvgIpc) is 2.61. The maximum absolute atomic E-state index is 13.0. The molecule has 1 N–H and O–H groups in total. The first-order valence-electron chi connectivity index (χ1n) is 7.85. The van der Waals surface area contributed by atoms with E-state index < -0.39 is 35.8 Å². The van der Waals surface area contributed by atoms with Crippen LogP contribution in [0, 0.1) is 29.8 Å². The summed E-state index contributed by atoms with van der Waals surface area (Å²) in [6.07, 6.45) is 0. The lowest BCUT2D eigenvalue weighted by atomic mass is 10.1. The topological polar surface area (TPSA) is 108 Å². The highest BCUT2D eigenvalue weighted by atomic mass is 19.1. The zero-order valence-corrected chi connectivity index (χ0v) is 14.7. The van der Waals surface area contributed by atoms with E-state index in [1.807, 2.05) is 0 Å². The van der Waals surface area contributed by atoms with Gasteiger partial charge in [0.1, 0.15) is 17.3 Å². The van der Waals surface area contributed by atoms with Gasteiger partial charge in [-0.1, -0.05) is 6.07 Å². The highest BCUT2D eigenvalue weighted by Gasteiger charge is 2.18. The van der Waals surface area contributed by atoms with Crippen LogP contribution in [0.4, 0.5) is 15.8 Å². The Balaban J connectivity index is 1.88. The van der Waals surface area contributed by atoms with Crippen LogP contribution in [0.5, 0.6) is 5.75 Å². The number of hydrogen-bond donors (Lipinski definition) is 1. The smallest absolute Gasteiger partial charge is 0.344 e. The third kappa shape index (κ3) is 5.77. The fourth-order valence-electron chi connectivity index (χ4n) is 2.13. The molecule has 0 heterocycles. The molecule has 0 radical (unpaired) electrons. The quantitative estimate of drug-likeness (QED) is 0.452. The molecular formula is C18H17FN2O6. The minimum absolute atomic E-state index is 0.0140. The van der Waals surface area contributed by atoms with Crippen molar-refractivity contribution in [3.63, 3.8) is 0 Å². The van der Waals surface area contributed by atoms with Crippen molar-refractivity contribution in [2.24, 2.45) is 0 Å². The molecule has 2 aromatic carbocycles. The van der Waals surface area contributed by atoms with Crippen molar-refractivity contribution in [3.05, 3.63) is 63.5 Å². The SMILES string of the molecule is Cc1cc(NC(=O)COC(=O)COc2cccc(F)c2)c([N+](=O)[O-])cc1C. The molecule has 0 spiro atoms. The Morgan fingerprint density at radius 3 is 2.52 bits per heavy atom. The van der Waals surface area contributed by atoms with Crippen LogP contribution in [0.3, 0.4) is 0 Å². The third-order valence-corrected chi connectivity index (χ3v) is 3.60. The number of nitrogens with one attached hydrogen (secondary N) is 1. The van der Waals surface area contributed by atoms with Crippen LogP contribution in [-0.2, 0) is 14.3 Å². The number of carbonyl (C=O) groups is 2. The maximum atomic E-state index is 13.0. The Bertz CT molecular complexity index is 884. The number of hydrogen-bond acceptors (Lipinski definition) is 6. The summed E-state index contributed by atoms with van der Waals surface area (Å²) in [5, 5.41) is 13.5. The molecule has 2 aromatic rings. The monoisotopic (exact) mass is 376 g/mol. The number of carbonyl (C=O) groups excluding carboxylic acids is 2. The van der Waals surface area contributed by atoms with E-state index in [1.165, 1.54) is 30.3 Å². The molecule has 2 rings (SSSR count). The lowest BCUT2D eigenvalue weighted by Crippen LogP contribution is -2.24. The number of nitro benzene ring substituents is 1. The standard InChI is InChI=1S/C18H17FN2O6/c1-11-6-15(16(21(24)25)7-12(11)2)20-17(22)9-27-18(23)10-26-14-5-3-4-13(19)8-14/h3-8H,9-10H2,1-2H3,(H,20,22). The van der Waals surface area contributed by atoms with Gasteiger partial charge in [-0.15, -0.1) is 0 Å². The van der Waals surface area contributed by atoms with Crippen LogP contribution >= 0.6 is 0 Å². The van der Waals surface area contributed by atoms with Crippen molar-refractivity contribution in [1.82, 2.24) is 0 Å². The second-order valence-electron chi connectivity index (χ2n) is 5.67. The van der Waals surface area contributed by atoms with Crippen molar-refractivity contribution < 1.29 is 28.4 Å². The molecule has 0 bridgehead atoms. The molecule has 0 fully saturated rings. The van der Waals surface area contributed by atoms with Crippen LogP contribution < -0.4 is 10.1 Å². The summed E-state index contributed by atoms with van der Waals surface area (Å²) in [5.41, 5.74) is 1.23. The molecule has 27 heavy (non-hydrogen) atoms. The minimum Gasteiger partial charge on any atom is -0.482 e. The molecule has 1 amide bonds. The molecule has 0 aliphatic rings. The van der Waals surface area contributed by atoms with Gasteiger partial charge in [-0.3, -0.25) is 14.9 Å². The number of rotatable bonds is 7. The highest BCUT2D eigenvalue weighted by molar-refractivity contribution is 5.95. The molecule has 0 aromatic heterocycles. The molecule has 0 aliphatic heterocycles. The van der Waals surface area contributed by atoms with Crippen molar-refractivity contribution >= 4 is 23.3 Å². The summed E-state index contributed by atoms with van der Waals surface area (Å²) in [6.45, 7) is 2.31. The number of anilines is 1. The second-order valence-corrected chi connectivity index (χ2v) is 5.67. The average molecular weight is 376 g/mol. The number of amides is 1. The first-order chi connectivity index (χ1) is 12.8. The zero-order valence-electron chi connectivity index (χ0n) is 14.7. The first-order valence-corrected chi connectivity index (χ1v) is 7.85. The normalized spacial score (nSPS) is 10.2. The van der Waals surface area contributed by atoms with Gasteiger partial charge in [0.05, 0.1) is 4.92 Å². The summed E-state index contributed by atoms with van der Waals surface area (Å²) >= 11 is 0. The molecule has 0 saturated heterocycles. The Labute approximate surface area is 154 Å². The van der Waals surface area contributed by atoms with E-state index >= 15 is 0 Å². The summed E-state index contributed by atoms with van der Waals surface area (Å²) < 4.78 is 22.8. The summed E-state index contributed by atoms with van der Waals surface area (Å²) in [6, 6.07) is 8.02. The molecule has 0 atom stereocenters. The number of halogens is 1. The van der Waals surface area contributed by atoms with Gasteiger partial charge >= 0.3 is 5.97 Å². The number of ether oxygens (including phenoxy) is 2. The van der Waals surface area contributed by atoms with Crippen molar-refractivity contribution in [2.75, 3.05) is 18.5 Å². The fourth-order valence-corrected chi connectivity index (χ4v) is 2.13. The Hall–Kier alpha value is -3.49. The van der Waals surface area contributed by atoms with Crippen LogP contribution in [0.25, 0.3) is 0 Å². The summed E-state index contributed by atoms with van der Waals surface area (Å²) in [5.74, 6) is -1.96. The lowest BCUT2D eigenvalue weighted by Gasteiger charge is -2.10. The van der Waals surface area contributed by atoms with Gasteiger partial charge in [0.2, 0.25) is 0 Å². The predicted octanol–water partition coefficient (Wildman–Crippen LogP) is 2.91. The molecular weight excluding hydrogens is 359 g/mol. The number of nitrogens with zero attached hydrogens (tertiary/aromatic N) is 1. The van der Waals surface area contributed by atoms with Gasteiger partial charge in [-0.25, -0.2) is 9.18 Å². The van der Waals surface area contributed by atoms with E-state index in [1.54, 1.807) is 13.8 Å². The number of nitro groups is 1. The Morgan fingerprint density at radius 1 is 1.15 bits per heavy atom. The van der Waals surface area contributed by atoms with Gasteiger partial charge in [0, 0.05) is 12.1 Å². The van der Waals surface area contributed by atoms with E-state index in [9.17, 15) is 24.1 Å². The largest absolute Gasteiger partial charge is 0.482 e. The van der Waals surface area contributed by atoms with E-state index in [4.69, 9.17) is 9.47 Å². The Morgan fingerprint density at radius 2 is 1.85 bits per heavy atom. The predicted molar refractivity (Wildman–Crippen MR) is 94.1 cm³/mol. The van der Waals surface area contributed by atoms with Crippen LogP contribution in [0.1, 0.15) is 11.1 Å². The molecule has 0 aliphatic carbocycles. The minimum atomic E-state index is -0.844. The third-order valence-electron chi connectivity index (χ3n) is 3.60. The van der Waals surface area contributed by atoms with Crippen molar-refractivity contribution in [1.29, 1.82) is 0 Å². The second kappa shape index (κ2) is 8.75. The molecule has 0 unspecified atom stereocenters. The van der Waals surface area contributed by atoms with Crippen LogP contribution in [0.2, 0.25) is 0 Å². The van der Waals surface area contributed by atoms with Gasteiger partial charge in [-0.05, 0) is 43.2 Å². The molecule has 142 valence electrons. The molecule has 9 heteroatoms. The highest BCUT2D eigenvalue weighted by Crippen LogP contribution is 2.27. The van der Waals surface area contributed by atoms with Gasteiger partial charge in [0.15, 0.2) is 13.2 Å². The first kappa shape index (κ1) is 19.8. The van der Waals surface area contributed by atoms with E-state index in [2.05, 4.69) is 5.32 Å². The van der Waals surface area contributed by atoms with Gasteiger partial charge in [-0.2, -0.15) is 0 Å². The molecule has 0 saturated carbocycles. The summed E-state index contributed by atoms with van der Waals surface area (Å²) in [7, 11) is 0. The van der Waals surface area contributed by atoms with Gasteiger partial charge < -0.3 is 14.8 Å². The van der Waals surface area contributed by atoms with E-state index in [0.29, 0.717) is 5.56 Å². The van der Waals surface area contributed by atoms with Crippen LogP contribution in [-0.4, -0.2) is 30.0 Å². The number of benzene rings is 2. The number of esters is 1. The zero-order chi connectivity index (χ0) is 20.0. The summed E-state index contributed by atoms with van der Waals surface area (Å²) in [4.78, 5) is 34.0. The Kier molecular flexibility index (Phi) is 6.42. The maximum Gasteiger partial charge on any atom is 0.344 e. The number of aryl methyl sites for hydroxylation is 2. The molecule has 8 nitrogen and oxygen atoms in total. The van der Waals surface area contributed by atoms with E-state index in [0.717, 1.165) is 11.6 Å². The van der Waals surface area contributed by atoms with Crippen molar-refractivity contribution in [2.45, 2.75) is 13.8 Å². The van der Waals surface area contributed by atoms with Crippen LogP contribution in [0.15, 0.2) is 36.4 Å². The fraction of sp³-hybridized carbons (Fsp3) is 0.222. The lowest BCUT2D eigenvalue weighted by molar-refractivity contribution is -0.384.